The second kappa shape index (κ2) is 3.11. The Kier molecular flexibility index (Phi) is 2.83. The van der Waals surface area contributed by atoms with E-state index in [0.29, 0.717) is 0 Å². The number of rotatable bonds is 3. The number of primary amides is 1. The van der Waals surface area contributed by atoms with E-state index in [-0.39, 0.29) is 0 Å². The largest absolute Gasteiger partial charge is 0.470 e. The molecule has 3 nitrogen and oxygen atoms in total. The minimum absolute atomic E-state index is 2.10. The number of hydrogen-bond donors (Lipinski definition) is 1. The molecule has 0 saturated heterocycles. The van der Waals surface area contributed by atoms with Crippen molar-refractivity contribution in [3.05, 3.63) is 0 Å². The third-order valence-electron chi connectivity index (χ3n) is 0.822. The minimum Gasteiger partial charge on any atom is -0.379 e. The van der Waals surface area contributed by atoms with E-state index in [1.165, 1.54) is 0 Å². The third-order valence-corrected chi connectivity index (χ3v) is 0.822. The molecule has 2 N–H and O–H groups in total. The van der Waals surface area contributed by atoms with Crippen LogP contribution in [-0.4, -0.2) is 24.8 Å². The molecular formula is C4H4F5NO2. The molecule has 72 valence electrons. The van der Waals surface area contributed by atoms with Crippen molar-refractivity contribution < 1.29 is 31.5 Å². The third kappa shape index (κ3) is 2.21. The first-order chi connectivity index (χ1) is 5.23. The Morgan fingerprint density at radius 2 is 1.75 bits per heavy atom. The second-order valence-corrected chi connectivity index (χ2v) is 1.78. The van der Waals surface area contributed by atoms with Crippen LogP contribution >= 0.6 is 0 Å². The van der Waals surface area contributed by atoms with Gasteiger partial charge in [0.25, 0.3) is 0 Å². The Bertz CT molecular complexity index is 182. The summed E-state index contributed by atoms with van der Waals surface area (Å²) in [5, 5.41) is 0. The average Bonchev–Trinajstić information content (AvgIpc) is 1.84. The van der Waals surface area contributed by atoms with Gasteiger partial charge in [-0.05, 0) is 0 Å². The van der Waals surface area contributed by atoms with Crippen molar-refractivity contribution in [3.8, 4) is 0 Å². The predicted octanol–water partition coefficient (Wildman–Crippen LogP) is 1.28. The van der Waals surface area contributed by atoms with Gasteiger partial charge in [-0.2, -0.15) is 17.6 Å². The van der Waals surface area contributed by atoms with Crippen LogP contribution in [0.3, 0.4) is 0 Å². The molecule has 0 bridgehead atoms. The summed E-state index contributed by atoms with van der Waals surface area (Å²) in [7, 11) is 0. The molecule has 0 saturated carbocycles. The molecule has 0 aromatic rings. The summed E-state index contributed by atoms with van der Waals surface area (Å²) in [5.74, 6) is -5.05. The molecule has 0 aliphatic carbocycles. The van der Waals surface area contributed by atoms with Crippen LogP contribution in [0.25, 0.3) is 0 Å². The van der Waals surface area contributed by atoms with Gasteiger partial charge in [0.1, 0.15) is 0 Å². The van der Waals surface area contributed by atoms with E-state index in [1.54, 1.807) is 0 Å². The van der Waals surface area contributed by atoms with Crippen LogP contribution in [0.5, 0.6) is 0 Å². The van der Waals surface area contributed by atoms with Crippen molar-refractivity contribution in [2.24, 2.45) is 5.73 Å². The Morgan fingerprint density at radius 3 is 2.00 bits per heavy atom. The van der Waals surface area contributed by atoms with Crippen LogP contribution < -0.4 is 5.73 Å². The fraction of sp³-hybridized carbons (Fsp3) is 0.750. The average molecular weight is 193 g/mol. The van der Waals surface area contributed by atoms with Crippen LogP contribution in [0.4, 0.5) is 26.7 Å². The van der Waals surface area contributed by atoms with Gasteiger partial charge in [0.15, 0.2) is 6.67 Å². The summed E-state index contributed by atoms with van der Waals surface area (Å²) in [6.07, 6.45) is -7.32. The highest BCUT2D eigenvalue weighted by Crippen LogP contribution is 2.35. The maximum Gasteiger partial charge on any atom is 0.470 e. The number of amides is 1. The number of halogens is 5. The lowest BCUT2D eigenvalue weighted by molar-refractivity contribution is -0.323. The fourth-order valence-electron chi connectivity index (χ4n) is 0.279. The number of carbonyl (C=O) groups is 1. The normalized spacial score (nSPS) is 12.8. The molecule has 0 spiro atoms. The van der Waals surface area contributed by atoms with E-state index in [4.69, 9.17) is 0 Å². The van der Waals surface area contributed by atoms with Gasteiger partial charge in [-0.3, -0.25) is 0 Å². The zero-order valence-corrected chi connectivity index (χ0v) is 5.49. The van der Waals surface area contributed by atoms with Crippen LogP contribution in [-0.2, 0) is 4.74 Å². The molecule has 0 fully saturated rings. The zero-order chi connectivity index (χ0) is 9.99. The quantitative estimate of drug-likeness (QED) is 0.686. The SMILES string of the molecule is NC(=O)OC(F)(F)C(F)(F)CF. The van der Waals surface area contributed by atoms with Gasteiger partial charge in [-0.1, -0.05) is 0 Å². The van der Waals surface area contributed by atoms with E-state index in [0.717, 1.165) is 0 Å². The minimum atomic E-state index is -5.21. The van der Waals surface area contributed by atoms with Gasteiger partial charge in [0.05, 0.1) is 0 Å². The molecule has 8 heteroatoms. The Labute approximate surface area is 63.3 Å². The molecule has 0 aliphatic rings. The van der Waals surface area contributed by atoms with E-state index in [2.05, 4.69) is 10.5 Å². The standard InChI is InChI=1S/C4H4F5NO2/c5-1-3(6,7)4(8,9)12-2(10)11/h1H2,(H2,10,11). The highest BCUT2D eigenvalue weighted by molar-refractivity contribution is 5.65. The van der Waals surface area contributed by atoms with E-state index in [1.807, 2.05) is 0 Å². The molecule has 1 amide bonds. The first-order valence-electron chi connectivity index (χ1n) is 2.53. The summed E-state index contributed by atoms with van der Waals surface area (Å²) >= 11 is 0. The zero-order valence-electron chi connectivity index (χ0n) is 5.49. The molecule has 0 rings (SSSR count). The Morgan fingerprint density at radius 1 is 1.33 bits per heavy atom. The van der Waals surface area contributed by atoms with Gasteiger partial charge in [-0.25, -0.2) is 9.18 Å². The number of nitrogens with two attached hydrogens (primary N) is 1. The van der Waals surface area contributed by atoms with Crippen molar-refractivity contribution >= 4 is 6.09 Å². The van der Waals surface area contributed by atoms with Crippen LogP contribution in [0.15, 0.2) is 0 Å². The predicted molar refractivity (Wildman–Crippen MR) is 26.5 cm³/mol. The molecule has 0 atom stereocenters. The van der Waals surface area contributed by atoms with Gasteiger partial charge in [0.2, 0.25) is 0 Å². The summed E-state index contributed by atoms with van der Waals surface area (Å²) in [5.41, 5.74) is 4.03. The molecular weight excluding hydrogens is 189 g/mol. The highest BCUT2D eigenvalue weighted by atomic mass is 19.3. The van der Waals surface area contributed by atoms with Gasteiger partial charge in [0, 0.05) is 0 Å². The van der Waals surface area contributed by atoms with Crippen LogP contribution in [0.1, 0.15) is 0 Å². The van der Waals surface area contributed by atoms with Crippen LogP contribution in [0, 0.1) is 0 Å². The summed E-state index contributed by atoms with van der Waals surface area (Å²) < 4.78 is 61.5. The number of carbonyl (C=O) groups excluding carboxylic acids is 1. The number of alkyl halides is 5. The molecule has 0 heterocycles. The van der Waals surface area contributed by atoms with Crippen LogP contribution in [0.2, 0.25) is 0 Å². The summed E-state index contributed by atoms with van der Waals surface area (Å²) in [6.45, 7) is -2.65. The van der Waals surface area contributed by atoms with Crippen molar-refractivity contribution in [1.82, 2.24) is 0 Å². The fourth-order valence-corrected chi connectivity index (χ4v) is 0.279. The van der Waals surface area contributed by atoms with E-state index >= 15 is 0 Å². The molecule has 0 aromatic heterocycles. The lowest BCUT2D eigenvalue weighted by Gasteiger charge is -2.21. The van der Waals surface area contributed by atoms with Gasteiger partial charge < -0.3 is 10.5 Å². The lowest BCUT2D eigenvalue weighted by Crippen LogP contribution is -2.46. The number of hydrogen-bond acceptors (Lipinski definition) is 2. The molecule has 0 radical (unpaired) electrons. The number of ether oxygens (including phenoxy) is 1. The van der Waals surface area contributed by atoms with Crippen molar-refractivity contribution in [2.45, 2.75) is 12.0 Å². The smallest absolute Gasteiger partial charge is 0.379 e. The van der Waals surface area contributed by atoms with Crippen molar-refractivity contribution in [1.29, 1.82) is 0 Å². The van der Waals surface area contributed by atoms with Gasteiger partial charge in [-0.15, -0.1) is 0 Å². The molecule has 12 heavy (non-hydrogen) atoms. The topological polar surface area (TPSA) is 52.3 Å². The summed E-state index contributed by atoms with van der Waals surface area (Å²) in [6, 6.07) is 0. The van der Waals surface area contributed by atoms with Crippen molar-refractivity contribution in [3.63, 3.8) is 0 Å². The Hall–Kier alpha value is -1.08. The molecule has 0 unspecified atom stereocenters. The molecule has 0 aliphatic heterocycles. The summed E-state index contributed by atoms with van der Waals surface area (Å²) in [4.78, 5) is 9.64. The van der Waals surface area contributed by atoms with E-state index < -0.39 is 24.8 Å². The molecule has 0 aromatic carbocycles. The van der Waals surface area contributed by atoms with Gasteiger partial charge >= 0.3 is 18.1 Å². The van der Waals surface area contributed by atoms with E-state index in [9.17, 15) is 26.7 Å². The van der Waals surface area contributed by atoms with Crippen molar-refractivity contribution in [2.75, 3.05) is 6.67 Å². The first-order valence-corrected chi connectivity index (χ1v) is 2.53. The highest BCUT2D eigenvalue weighted by Gasteiger charge is 2.60. The Balaban J connectivity index is 4.48. The second-order valence-electron chi connectivity index (χ2n) is 1.78. The maximum absolute atomic E-state index is 11.9. The maximum atomic E-state index is 11.9. The monoisotopic (exact) mass is 193 g/mol. The first kappa shape index (κ1) is 10.9. The lowest BCUT2D eigenvalue weighted by atomic mass is 10.3.